The van der Waals surface area contributed by atoms with Gasteiger partial charge in [0, 0.05) is 26.8 Å². The number of hydrogen-bond acceptors (Lipinski definition) is 5. The van der Waals surface area contributed by atoms with E-state index in [0.717, 1.165) is 51.0 Å². The lowest BCUT2D eigenvalue weighted by Crippen LogP contribution is -2.11. The third kappa shape index (κ3) is 2.82. The van der Waals surface area contributed by atoms with E-state index in [9.17, 15) is 4.79 Å². The quantitative estimate of drug-likeness (QED) is 0.420. The zero-order chi connectivity index (χ0) is 19.3. The number of aryl methyl sites for hydroxylation is 1. The maximum Gasteiger partial charge on any atom is 0.267 e. The molecule has 1 amide bonds. The minimum atomic E-state index is -0.228. The molecule has 5 rings (SSSR count). The van der Waals surface area contributed by atoms with Crippen LogP contribution >= 0.6 is 27.3 Å². The summed E-state index contributed by atoms with van der Waals surface area (Å²) in [5, 5.41) is 3.74. The first-order valence-electron chi connectivity index (χ1n) is 8.96. The molecule has 1 aliphatic rings. The Morgan fingerprint density at radius 3 is 2.79 bits per heavy atom. The van der Waals surface area contributed by atoms with Crippen molar-refractivity contribution in [3.05, 3.63) is 63.3 Å². The number of nitrogens with one attached hydrogen (secondary N) is 1. The van der Waals surface area contributed by atoms with Gasteiger partial charge in [-0.05, 0) is 61.2 Å². The molecule has 0 saturated carbocycles. The summed E-state index contributed by atoms with van der Waals surface area (Å²) in [6.07, 6.45) is 4.62. The number of hydrogen-bond donors (Lipinski definition) is 2. The van der Waals surface area contributed by atoms with Crippen LogP contribution in [0.15, 0.2) is 51.6 Å². The van der Waals surface area contributed by atoms with Gasteiger partial charge in [-0.25, -0.2) is 4.98 Å². The summed E-state index contributed by atoms with van der Waals surface area (Å²) in [6, 6.07) is 11.2. The topological polar surface area (TPSA) is 81.2 Å². The molecule has 0 radical (unpaired) electrons. The third-order valence-electron chi connectivity index (χ3n) is 4.98. The molecule has 1 aromatic carbocycles. The van der Waals surface area contributed by atoms with E-state index >= 15 is 0 Å². The fraction of sp³-hybridized carbons (Fsp3) is 0.143. The molecule has 0 fully saturated rings. The molecule has 0 spiro atoms. The number of furan rings is 1. The Hall–Kier alpha value is -2.64. The van der Waals surface area contributed by atoms with E-state index in [0.29, 0.717) is 16.3 Å². The van der Waals surface area contributed by atoms with E-state index < -0.39 is 0 Å². The molecule has 1 aliphatic carbocycles. The minimum Gasteiger partial charge on any atom is -0.464 e. The van der Waals surface area contributed by atoms with Crippen LogP contribution < -0.4 is 11.1 Å². The molecule has 3 heterocycles. The highest BCUT2D eigenvalue weighted by Crippen LogP contribution is 2.44. The number of nitrogens with two attached hydrogens (primary N) is 1. The second kappa shape index (κ2) is 6.76. The van der Waals surface area contributed by atoms with Crippen molar-refractivity contribution in [2.24, 2.45) is 0 Å². The monoisotopic (exact) mass is 453 g/mol. The van der Waals surface area contributed by atoms with Crippen molar-refractivity contribution in [2.75, 3.05) is 11.1 Å². The molecule has 5 nitrogen and oxygen atoms in total. The molecule has 28 heavy (non-hydrogen) atoms. The van der Waals surface area contributed by atoms with Gasteiger partial charge in [-0.15, -0.1) is 11.3 Å². The van der Waals surface area contributed by atoms with Gasteiger partial charge >= 0.3 is 0 Å². The van der Waals surface area contributed by atoms with Gasteiger partial charge in [0.25, 0.3) is 5.91 Å². The number of halogens is 1. The molecule has 4 aromatic rings. The molecule has 0 unspecified atom stereocenters. The van der Waals surface area contributed by atoms with Gasteiger partial charge in [-0.3, -0.25) is 4.79 Å². The smallest absolute Gasteiger partial charge is 0.267 e. The van der Waals surface area contributed by atoms with Crippen LogP contribution in [-0.4, -0.2) is 10.9 Å². The zero-order valence-corrected chi connectivity index (χ0v) is 17.2. The van der Waals surface area contributed by atoms with Crippen LogP contribution in [0.3, 0.4) is 0 Å². The van der Waals surface area contributed by atoms with Crippen LogP contribution in [0, 0.1) is 0 Å². The second-order valence-electron chi connectivity index (χ2n) is 6.73. The van der Waals surface area contributed by atoms with E-state index in [1.54, 1.807) is 6.26 Å². The molecular weight excluding hydrogens is 438 g/mol. The Morgan fingerprint density at radius 2 is 2.04 bits per heavy atom. The van der Waals surface area contributed by atoms with Gasteiger partial charge in [-0.1, -0.05) is 15.9 Å². The van der Waals surface area contributed by atoms with Crippen LogP contribution in [-0.2, 0) is 12.8 Å². The van der Waals surface area contributed by atoms with Crippen LogP contribution in [0.25, 0.3) is 21.5 Å². The van der Waals surface area contributed by atoms with E-state index in [1.807, 2.05) is 36.4 Å². The summed E-state index contributed by atoms with van der Waals surface area (Å²) in [5.74, 6) is 0.545. The third-order valence-corrected chi connectivity index (χ3v) is 6.61. The molecule has 7 heteroatoms. The highest BCUT2D eigenvalue weighted by molar-refractivity contribution is 9.10. The lowest BCUT2D eigenvalue weighted by molar-refractivity contribution is 0.103. The number of aromatic nitrogens is 1. The second-order valence-corrected chi connectivity index (χ2v) is 8.64. The Labute approximate surface area is 173 Å². The number of rotatable bonds is 3. The largest absolute Gasteiger partial charge is 0.464 e. The first-order valence-corrected chi connectivity index (χ1v) is 10.6. The van der Waals surface area contributed by atoms with Gasteiger partial charge in [0.2, 0.25) is 0 Å². The molecule has 0 saturated heterocycles. The summed E-state index contributed by atoms with van der Waals surface area (Å²) >= 11 is 4.73. The Balaban J connectivity index is 1.64. The van der Waals surface area contributed by atoms with Gasteiger partial charge < -0.3 is 15.5 Å². The Morgan fingerprint density at radius 1 is 1.21 bits per heavy atom. The average molecular weight is 454 g/mol. The van der Waals surface area contributed by atoms with Crippen LogP contribution in [0.4, 0.5) is 11.4 Å². The number of thiophene rings is 1. The SMILES string of the molecule is Nc1c(C(=O)Nc2ccc(Br)cc2)sc2nc3c(c(-c4ccco4)c12)CCC3. The average Bonchev–Trinajstić information content (AvgIpc) is 3.42. The Kier molecular flexibility index (Phi) is 4.21. The number of carbonyl (C=O) groups is 1. The fourth-order valence-corrected chi connectivity index (χ4v) is 5.01. The fourth-order valence-electron chi connectivity index (χ4n) is 3.73. The van der Waals surface area contributed by atoms with Gasteiger partial charge in [0.1, 0.15) is 15.5 Å². The zero-order valence-electron chi connectivity index (χ0n) is 14.8. The van der Waals surface area contributed by atoms with E-state index in [2.05, 4.69) is 21.2 Å². The molecular formula is C21H16BrN3O2S. The lowest BCUT2D eigenvalue weighted by atomic mass is 10.0. The van der Waals surface area contributed by atoms with Crippen molar-refractivity contribution in [2.45, 2.75) is 19.3 Å². The van der Waals surface area contributed by atoms with Crippen molar-refractivity contribution in [3.8, 4) is 11.3 Å². The van der Waals surface area contributed by atoms with E-state index in [4.69, 9.17) is 15.1 Å². The number of benzene rings is 1. The van der Waals surface area contributed by atoms with Crippen molar-refractivity contribution >= 4 is 54.8 Å². The summed E-state index contributed by atoms with van der Waals surface area (Å²) in [7, 11) is 0. The number of nitrogens with zero attached hydrogens (tertiary/aromatic N) is 1. The van der Waals surface area contributed by atoms with Crippen LogP contribution in [0.2, 0.25) is 0 Å². The number of amides is 1. The summed E-state index contributed by atoms with van der Waals surface area (Å²) in [6.45, 7) is 0. The Bertz CT molecular complexity index is 1200. The molecule has 0 bridgehead atoms. The first-order chi connectivity index (χ1) is 13.6. The summed E-state index contributed by atoms with van der Waals surface area (Å²) < 4.78 is 6.65. The van der Waals surface area contributed by atoms with Crippen molar-refractivity contribution in [1.82, 2.24) is 4.98 Å². The van der Waals surface area contributed by atoms with Crippen LogP contribution in [0.1, 0.15) is 27.3 Å². The highest BCUT2D eigenvalue weighted by Gasteiger charge is 2.27. The molecule has 0 atom stereocenters. The number of anilines is 2. The van der Waals surface area contributed by atoms with Gasteiger partial charge in [-0.2, -0.15) is 0 Å². The standard InChI is InChI=1S/C21H16BrN3O2S/c22-11-6-8-12(9-7-11)24-20(26)19-18(23)17-16(15-5-2-10-27-15)13-3-1-4-14(13)25-21(17)28-19/h2,5-10H,1,3-4,23H2,(H,24,26). The number of pyridine rings is 1. The van der Waals surface area contributed by atoms with Crippen molar-refractivity contribution in [1.29, 1.82) is 0 Å². The predicted molar refractivity (Wildman–Crippen MR) is 116 cm³/mol. The highest BCUT2D eigenvalue weighted by atomic mass is 79.9. The summed E-state index contributed by atoms with van der Waals surface area (Å²) in [5.41, 5.74) is 10.9. The van der Waals surface area contributed by atoms with Gasteiger partial charge in [0.15, 0.2) is 0 Å². The van der Waals surface area contributed by atoms with E-state index in [-0.39, 0.29) is 5.91 Å². The number of nitrogen functional groups attached to an aromatic ring is 1. The number of carbonyl (C=O) groups excluding carboxylic acids is 1. The lowest BCUT2D eigenvalue weighted by Gasteiger charge is -2.09. The molecule has 3 aromatic heterocycles. The molecule has 0 aliphatic heterocycles. The van der Waals surface area contributed by atoms with Gasteiger partial charge in [0.05, 0.1) is 12.0 Å². The maximum absolute atomic E-state index is 12.9. The minimum absolute atomic E-state index is 0.228. The predicted octanol–water partition coefficient (Wildman–Crippen LogP) is 5.64. The normalized spacial score (nSPS) is 13.0. The molecule has 140 valence electrons. The van der Waals surface area contributed by atoms with Crippen molar-refractivity contribution in [3.63, 3.8) is 0 Å². The van der Waals surface area contributed by atoms with E-state index in [1.165, 1.54) is 16.9 Å². The summed E-state index contributed by atoms with van der Waals surface area (Å²) in [4.78, 5) is 19.0. The molecule has 3 N–H and O–H groups in total. The van der Waals surface area contributed by atoms with Crippen molar-refractivity contribution < 1.29 is 9.21 Å². The maximum atomic E-state index is 12.9. The van der Waals surface area contributed by atoms with Crippen LogP contribution in [0.5, 0.6) is 0 Å². The number of fused-ring (bicyclic) bond motifs is 2. The first kappa shape index (κ1) is 17.5.